The minimum absolute atomic E-state index is 0.168. The van der Waals surface area contributed by atoms with Crippen LogP contribution in [0.2, 0.25) is 5.28 Å². The summed E-state index contributed by atoms with van der Waals surface area (Å²) in [5, 5.41) is 1.24. The van der Waals surface area contributed by atoms with Crippen molar-refractivity contribution in [2.24, 2.45) is 0 Å². The van der Waals surface area contributed by atoms with Crippen LogP contribution in [0.15, 0.2) is 22.6 Å². The molecule has 0 aromatic carbocycles. The minimum Gasteiger partial charge on any atom is -0.378 e. The molecule has 1 aliphatic heterocycles. The maximum atomic E-state index is 5.99. The predicted molar refractivity (Wildman–Crippen MR) is 78.8 cm³/mol. The van der Waals surface area contributed by atoms with Gasteiger partial charge in [0.1, 0.15) is 0 Å². The highest BCUT2D eigenvalue weighted by molar-refractivity contribution is 7.99. The summed E-state index contributed by atoms with van der Waals surface area (Å²) in [6.07, 6.45) is 1.70. The van der Waals surface area contributed by atoms with Crippen molar-refractivity contribution in [1.29, 1.82) is 0 Å². The lowest BCUT2D eigenvalue weighted by atomic mass is 10.4. The molecule has 21 heavy (non-hydrogen) atoms. The second-order valence-electron chi connectivity index (χ2n) is 4.37. The van der Waals surface area contributed by atoms with Crippen molar-refractivity contribution in [2.75, 3.05) is 31.2 Å². The van der Waals surface area contributed by atoms with Crippen LogP contribution in [0.25, 0.3) is 0 Å². The van der Waals surface area contributed by atoms with Crippen LogP contribution in [0.4, 0.5) is 5.95 Å². The lowest BCUT2D eigenvalue weighted by Gasteiger charge is -2.26. The Morgan fingerprint density at radius 3 is 2.71 bits per heavy atom. The Balaban J connectivity index is 1.83. The van der Waals surface area contributed by atoms with E-state index in [1.807, 2.05) is 17.9 Å². The van der Waals surface area contributed by atoms with Crippen LogP contribution in [0.1, 0.15) is 5.69 Å². The van der Waals surface area contributed by atoms with Gasteiger partial charge in [0.2, 0.25) is 16.4 Å². The van der Waals surface area contributed by atoms with Crippen LogP contribution in [0.3, 0.4) is 0 Å². The number of aromatic nitrogens is 5. The van der Waals surface area contributed by atoms with Crippen molar-refractivity contribution in [3.05, 3.63) is 23.2 Å². The maximum absolute atomic E-state index is 5.99. The lowest BCUT2D eigenvalue weighted by molar-refractivity contribution is 0.122. The fraction of sp³-hybridized carbons (Fsp3) is 0.417. The molecule has 0 spiro atoms. The van der Waals surface area contributed by atoms with E-state index >= 15 is 0 Å². The Morgan fingerprint density at radius 1 is 1.14 bits per heavy atom. The predicted octanol–water partition coefficient (Wildman–Crippen LogP) is 1.61. The molecule has 9 heteroatoms. The van der Waals surface area contributed by atoms with Gasteiger partial charge < -0.3 is 9.64 Å². The highest BCUT2D eigenvalue weighted by atomic mass is 35.5. The number of morpholine rings is 1. The summed E-state index contributed by atoms with van der Waals surface area (Å²) < 4.78 is 5.32. The molecule has 0 atom stereocenters. The van der Waals surface area contributed by atoms with Gasteiger partial charge in [-0.25, -0.2) is 9.97 Å². The van der Waals surface area contributed by atoms with E-state index in [2.05, 4.69) is 24.9 Å². The number of nitrogens with zero attached hydrogens (tertiary/aromatic N) is 6. The van der Waals surface area contributed by atoms with Crippen LogP contribution >= 0.6 is 23.4 Å². The average Bonchev–Trinajstić information content (AvgIpc) is 2.47. The van der Waals surface area contributed by atoms with Gasteiger partial charge in [-0.3, -0.25) is 0 Å². The minimum atomic E-state index is 0.168. The number of hydrogen-bond donors (Lipinski definition) is 0. The lowest BCUT2D eigenvalue weighted by Crippen LogP contribution is -2.37. The van der Waals surface area contributed by atoms with E-state index in [-0.39, 0.29) is 5.28 Å². The number of anilines is 1. The van der Waals surface area contributed by atoms with Gasteiger partial charge >= 0.3 is 0 Å². The maximum Gasteiger partial charge on any atom is 0.230 e. The van der Waals surface area contributed by atoms with Crippen molar-refractivity contribution in [2.45, 2.75) is 17.2 Å². The van der Waals surface area contributed by atoms with Crippen LogP contribution in [0.5, 0.6) is 0 Å². The van der Waals surface area contributed by atoms with E-state index in [4.69, 9.17) is 16.3 Å². The van der Waals surface area contributed by atoms with Gasteiger partial charge in [-0.05, 0) is 36.4 Å². The third kappa shape index (κ3) is 3.78. The first-order valence-corrected chi connectivity index (χ1v) is 7.62. The third-order valence-corrected chi connectivity index (χ3v) is 3.74. The monoisotopic (exact) mass is 324 g/mol. The molecule has 2 aromatic rings. The van der Waals surface area contributed by atoms with Crippen LogP contribution in [-0.2, 0) is 4.74 Å². The molecule has 7 nitrogen and oxygen atoms in total. The Kier molecular flexibility index (Phi) is 4.47. The number of aryl methyl sites for hydroxylation is 1. The SMILES string of the molecule is Cc1ccnc(Sc2nc(Cl)nc(N3CCOCC3)n2)n1. The van der Waals surface area contributed by atoms with Gasteiger partial charge in [0, 0.05) is 25.0 Å². The second-order valence-corrected chi connectivity index (χ2v) is 5.64. The fourth-order valence-electron chi connectivity index (χ4n) is 1.83. The summed E-state index contributed by atoms with van der Waals surface area (Å²) in [4.78, 5) is 23.2. The van der Waals surface area contributed by atoms with E-state index in [1.54, 1.807) is 6.20 Å². The Hall–Kier alpha value is -1.51. The van der Waals surface area contributed by atoms with Crippen molar-refractivity contribution in [3.8, 4) is 0 Å². The highest BCUT2D eigenvalue weighted by Gasteiger charge is 2.17. The first kappa shape index (κ1) is 14.4. The molecule has 0 amide bonds. The zero-order valence-corrected chi connectivity index (χ0v) is 12.9. The molecule has 0 radical (unpaired) electrons. The van der Waals surface area contributed by atoms with Gasteiger partial charge in [0.25, 0.3) is 0 Å². The summed E-state index contributed by atoms with van der Waals surface area (Å²) in [6, 6.07) is 1.84. The average molecular weight is 325 g/mol. The van der Waals surface area contributed by atoms with E-state index in [0.717, 1.165) is 18.8 Å². The van der Waals surface area contributed by atoms with E-state index in [9.17, 15) is 0 Å². The van der Waals surface area contributed by atoms with Gasteiger partial charge in [-0.2, -0.15) is 15.0 Å². The number of hydrogen-bond acceptors (Lipinski definition) is 8. The normalized spacial score (nSPS) is 15.2. The number of rotatable bonds is 3. The summed E-state index contributed by atoms with van der Waals surface area (Å²) in [5.41, 5.74) is 0.890. The molecule has 0 aliphatic carbocycles. The Morgan fingerprint density at radius 2 is 1.95 bits per heavy atom. The molecule has 0 bridgehead atoms. The van der Waals surface area contributed by atoms with Crippen LogP contribution in [0, 0.1) is 6.92 Å². The Labute approximate surface area is 131 Å². The van der Waals surface area contributed by atoms with Gasteiger partial charge in [-0.15, -0.1) is 0 Å². The molecular formula is C12H13ClN6OS. The van der Waals surface area contributed by atoms with Crippen molar-refractivity contribution in [3.63, 3.8) is 0 Å². The van der Waals surface area contributed by atoms with Gasteiger partial charge in [0.05, 0.1) is 13.2 Å². The molecule has 0 saturated carbocycles. The smallest absolute Gasteiger partial charge is 0.230 e. The summed E-state index contributed by atoms with van der Waals surface area (Å²) >= 11 is 7.26. The molecule has 1 fully saturated rings. The van der Waals surface area contributed by atoms with Crippen molar-refractivity contribution < 1.29 is 4.74 Å². The molecule has 2 aromatic heterocycles. The molecule has 0 N–H and O–H groups in total. The third-order valence-electron chi connectivity index (χ3n) is 2.83. The standard InChI is InChI=1S/C12H13ClN6OS/c1-8-2-3-14-11(15-8)21-12-17-9(13)16-10(18-12)19-4-6-20-7-5-19/h2-3H,4-7H2,1H3. The van der Waals surface area contributed by atoms with Gasteiger partial charge in [0.15, 0.2) is 5.16 Å². The van der Waals surface area contributed by atoms with Crippen LogP contribution < -0.4 is 4.90 Å². The van der Waals surface area contributed by atoms with Gasteiger partial charge in [-0.1, -0.05) is 0 Å². The Bertz CT molecular complexity index is 637. The molecular weight excluding hydrogens is 312 g/mol. The largest absolute Gasteiger partial charge is 0.378 e. The van der Waals surface area contributed by atoms with E-state index in [1.165, 1.54) is 11.8 Å². The first-order chi connectivity index (χ1) is 10.2. The molecule has 3 heterocycles. The van der Waals surface area contributed by atoms with Crippen molar-refractivity contribution >= 4 is 29.3 Å². The zero-order chi connectivity index (χ0) is 14.7. The quantitative estimate of drug-likeness (QED) is 0.788. The van der Waals surface area contributed by atoms with E-state index < -0.39 is 0 Å². The number of halogens is 1. The molecule has 110 valence electrons. The first-order valence-electron chi connectivity index (χ1n) is 6.42. The summed E-state index contributed by atoms with van der Waals surface area (Å²) in [5.74, 6) is 0.563. The summed E-state index contributed by atoms with van der Waals surface area (Å²) in [6.45, 7) is 4.71. The molecule has 1 aliphatic rings. The molecule has 1 saturated heterocycles. The van der Waals surface area contributed by atoms with Crippen LogP contribution in [-0.4, -0.2) is 51.2 Å². The topological polar surface area (TPSA) is 76.9 Å². The summed E-state index contributed by atoms with van der Waals surface area (Å²) in [7, 11) is 0. The highest BCUT2D eigenvalue weighted by Crippen LogP contribution is 2.24. The molecule has 0 unspecified atom stereocenters. The molecule has 3 rings (SSSR count). The fourth-order valence-corrected chi connectivity index (χ4v) is 2.76. The zero-order valence-electron chi connectivity index (χ0n) is 11.4. The second kappa shape index (κ2) is 6.50. The van der Waals surface area contributed by atoms with E-state index in [0.29, 0.717) is 29.5 Å². The number of ether oxygens (including phenoxy) is 1. The van der Waals surface area contributed by atoms with Crippen molar-refractivity contribution in [1.82, 2.24) is 24.9 Å².